The fourth-order valence-electron chi connectivity index (χ4n) is 2.56. The molecule has 0 unspecified atom stereocenters. The summed E-state index contributed by atoms with van der Waals surface area (Å²) in [5, 5.41) is 3.07. The molecular weight excluding hydrogens is 226 g/mol. The van der Waals surface area contributed by atoms with Gasteiger partial charge in [0.2, 0.25) is 5.91 Å². The highest BCUT2D eigenvalue weighted by Gasteiger charge is 2.20. The van der Waals surface area contributed by atoms with Crippen molar-refractivity contribution in [2.75, 3.05) is 6.54 Å². The highest BCUT2D eigenvalue weighted by atomic mass is 16.1. The number of unbranched alkanes of at least 4 members (excludes halogenated alkanes) is 1. The van der Waals surface area contributed by atoms with Gasteiger partial charge in [-0.05, 0) is 25.7 Å². The highest BCUT2D eigenvalue weighted by molar-refractivity contribution is 5.78. The van der Waals surface area contributed by atoms with E-state index in [2.05, 4.69) is 14.9 Å². The predicted octanol–water partition coefficient (Wildman–Crippen LogP) is 2.36. The van der Waals surface area contributed by atoms with Crippen LogP contribution >= 0.6 is 0 Å². The van der Waals surface area contributed by atoms with Crippen molar-refractivity contribution in [2.24, 2.45) is 5.92 Å². The van der Waals surface area contributed by atoms with Crippen LogP contribution in [0.2, 0.25) is 0 Å². The second-order valence-corrected chi connectivity index (χ2v) is 5.13. The lowest BCUT2D eigenvalue weighted by molar-refractivity contribution is -0.125. The molecular formula is C14H23N3O. The maximum Gasteiger partial charge on any atom is 0.223 e. The number of hydrogen-bond donors (Lipinski definition) is 1. The van der Waals surface area contributed by atoms with Gasteiger partial charge in [0, 0.05) is 31.4 Å². The zero-order chi connectivity index (χ0) is 12.6. The van der Waals surface area contributed by atoms with Crippen LogP contribution < -0.4 is 5.32 Å². The summed E-state index contributed by atoms with van der Waals surface area (Å²) in [6.07, 6.45) is 13.6. The monoisotopic (exact) mass is 249 g/mol. The first-order valence-corrected chi connectivity index (χ1v) is 7.10. The van der Waals surface area contributed by atoms with Crippen molar-refractivity contribution in [3.05, 3.63) is 18.7 Å². The van der Waals surface area contributed by atoms with Crippen LogP contribution in [0.25, 0.3) is 0 Å². The number of aryl methyl sites for hydroxylation is 1. The first kappa shape index (κ1) is 13.1. The molecule has 2 rings (SSSR count). The Morgan fingerprint density at radius 3 is 2.83 bits per heavy atom. The molecule has 0 bridgehead atoms. The van der Waals surface area contributed by atoms with E-state index in [4.69, 9.17) is 0 Å². The number of nitrogens with one attached hydrogen (secondary N) is 1. The maximum atomic E-state index is 11.9. The fourth-order valence-corrected chi connectivity index (χ4v) is 2.56. The molecule has 0 spiro atoms. The molecule has 0 radical (unpaired) electrons. The van der Waals surface area contributed by atoms with E-state index in [1.54, 1.807) is 6.20 Å². The van der Waals surface area contributed by atoms with Crippen LogP contribution in [0, 0.1) is 5.92 Å². The van der Waals surface area contributed by atoms with E-state index in [9.17, 15) is 4.79 Å². The maximum absolute atomic E-state index is 11.9. The van der Waals surface area contributed by atoms with Crippen molar-refractivity contribution < 1.29 is 4.79 Å². The smallest absolute Gasteiger partial charge is 0.223 e. The Bertz CT molecular complexity index is 342. The Kier molecular flexibility index (Phi) is 5.24. The van der Waals surface area contributed by atoms with E-state index >= 15 is 0 Å². The van der Waals surface area contributed by atoms with Crippen molar-refractivity contribution in [3.8, 4) is 0 Å². The summed E-state index contributed by atoms with van der Waals surface area (Å²) in [6, 6.07) is 0. The quantitative estimate of drug-likeness (QED) is 0.787. The van der Waals surface area contributed by atoms with Gasteiger partial charge in [-0.1, -0.05) is 19.3 Å². The number of amides is 1. The van der Waals surface area contributed by atoms with E-state index < -0.39 is 0 Å². The Hall–Kier alpha value is -1.32. The lowest BCUT2D eigenvalue weighted by atomic mass is 9.89. The fraction of sp³-hybridized carbons (Fsp3) is 0.714. The molecule has 1 N–H and O–H groups in total. The van der Waals surface area contributed by atoms with Crippen LogP contribution in [0.4, 0.5) is 0 Å². The van der Waals surface area contributed by atoms with Crippen molar-refractivity contribution >= 4 is 5.91 Å². The molecule has 1 heterocycles. The van der Waals surface area contributed by atoms with Gasteiger partial charge in [0.15, 0.2) is 0 Å². The van der Waals surface area contributed by atoms with Crippen LogP contribution in [0.15, 0.2) is 18.7 Å². The number of imidazole rings is 1. The summed E-state index contributed by atoms with van der Waals surface area (Å²) in [6.45, 7) is 1.79. The predicted molar refractivity (Wildman–Crippen MR) is 71.0 cm³/mol. The van der Waals surface area contributed by atoms with Gasteiger partial charge >= 0.3 is 0 Å². The third-order valence-corrected chi connectivity index (χ3v) is 3.68. The number of carbonyl (C=O) groups excluding carboxylic acids is 1. The Labute approximate surface area is 109 Å². The second-order valence-electron chi connectivity index (χ2n) is 5.13. The Morgan fingerprint density at radius 1 is 1.28 bits per heavy atom. The molecule has 0 aliphatic heterocycles. The number of rotatable bonds is 6. The molecule has 0 aromatic carbocycles. The van der Waals surface area contributed by atoms with E-state index in [1.165, 1.54) is 19.3 Å². The third kappa shape index (κ3) is 4.17. The molecule has 1 aromatic heterocycles. The van der Waals surface area contributed by atoms with E-state index in [0.29, 0.717) is 0 Å². The van der Waals surface area contributed by atoms with Crippen LogP contribution in [-0.2, 0) is 11.3 Å². The first-order valence-electron chi connectivity index (χ1n) is 7.10. The summed E-state index contributed by atoms with van der Waals surface area (Å²) < 4.78 is 2.07. The molecule has 4 nitrogen and oxygen atoms in total. The average Bonchev–Trinajstić information content (AvgIpc) is 2.92. The summed E-state index contributed by atoms with van der Waals surface area (Å²) in [4.78, 5) is 15.9. The topological polar surface area (TPSA) is 46.9 Å². The normalized spacial score (nSPS) is 16.7. The van der Waals surface area contributed by atoms with Gasteiger partial charge in [0.05, 0.1) is 6.33 Å². The minimum absolute atomic E-state index is 0.275. The zero-order valence-corrected chi connectivity index (χ0v) is 11.0. The molecule has 4 heteroatoms. The van der Waals surface area contributed by atoms with Gasteiger partial charge in [-0.15, -0.1) is 0 Å². The zero-order valence-electron chi connectivity index (χ0n) is 11.0. The molecule has 18 heavy (non-hydrogen) atoms. The van der Waals surface area contributed by atoms with Crippen LogP contribution in [0.3, 0.4) is 0 Å². The summed E-state index contributed by atoms with van der Waals surface area (Å²) in [7, 11) is 0. The van der Waals surface area contributed by atoms with Crippen LogP contribution in [0.1, 0.15) is 44.9 Å². The van der Waals surface area contributed by atoms with Gasteiger partial charge in [0.25, 0.3) is 0 Å². The lowest BCUT2D eigenvalue weighted by Crippen LogP contribution is -2.32. The minimum Gasteiger partial charge on any atom is -0.356 e. The number of nitrogens with zero attached hydrogens (tertiary/aromatic N) is 2. The molecule has 1 aliphatic rings. The van der Waals surface area contributed by atoms with Crippen molar-refractivity contribution in [1.82, 2.24) is 14.9 Å². The molecule has 1 aliphatic carbocycles. The lowest BCUT2D eigenvalue weighted by Gasteiger charge is -2.20. The molecule has 0 saturated heterocycles. The molecule has 0 atom stereocenters. The van der Waals surface area contributed by atoms with Gasteiger partial charge < -0.3 is 9.88 Å². The van der Waals surface area contributed by atoms with Gasteiger partial charge in [0.1, 0.15) is 0 Å². The van der Waals surface area contributed by atoms with Crippen molar-refractivity contribution in [1.29, 1.82) is 0 Å². The largest absolute Gasteiger partial charge is 0.356 e. The van der Waals surface area contributed by atoms with E-state index in [1.807, 2.05) is 12.5 Å². The van der Waals surface area contributed by atoms with Gasteiger partial charge in [-0.2, -0.15) is 0 Å². The number of carbonyl (C=O) groups is 1. The second kappa shape index (κ2) is 7.19. The summed E-state index contributed by atoms with van der Waals surface area (Å²) in [5.74, 6) is 0.560. The van der Waals surface area contributed by atoms with Gasteiger partial charge in [-0.25, -0.2) is 4.98 Å². The van der Waals surface area contributed by atoms with Crippen LogP contribution in [-0.4, -0.2) is 22.0 Å². The standard InChI is InChI=1S/C14H23N3O/c18-14(13-6-2-1-3-7-13)16-8-4-5-10-17-11-9-15-12-17/h9,11-13H,1-8,10H2,(H,16,18). The SMILES string of the molecule is O=C(NCCCCn1ccnc1)C1CCCCC1. The highest BCUT2D eigenvalue weighted by Crippen LogP contribution is 2.23. The van der Waals surface area contributed by atoms with Crippen molar-refractivity contribution in [3.63, 3.8) is 0 Å². The Balaban J connectivity index is 1.53. The minimum atomic E-state index is 0.275. The van der Waals surface area contributed by atoms with E-state index in [0.717, 1.165) is 38.8 Å². The first-order chi connectivity index (χ1) is 8.86. The average molecular weight is 249 g/mol. The van der Waals surface area contributed by atoms with Crippen molar-refractivity contribution in [2.45, 2.75) is 51.5 Å². The Morgan fingerprint density at radius 2 is 2.11 bits per heavy atom. The summed E-state index contributed by atoms with van der Waals surface area (Å²) >= 11 is 0. The van der Waals surface area contributed by atoms with Gasteiger partial charge in [-0.3, -0.25) is 4.79 Å². The van der Waals surface area contributed by atoms with Crippen LogP contribution in [0.5, 0.6) is 0 Å². The third-order valence-electron chi connectivity index (χ3n) is 3.68. The molecule has 1 fully saturated rings. The molecule has 1 aromatic rings. The molecule has 1 amide bonds. The van der Waals surface area contributed by atoms with E-state index in [-0.39, 0.29) is 11.8 Å². The number of aromatic nitrogens is 2. The molecule has 1 saturated carbocycles. The number of hydrogen-bond acceptors (Lipinski definition) is 2. The molecule has 100 valence electrons. The summed E-state index contributed by atoms with van der Waals surface area (Å²) in [5.41, 5.74) is 0.